The van der Waals surface area contributed by atoms with E-state index in [2.05, 4.69) is 17.2 Å². The minimum atomic E-state index is -0.944. The minimum absolute atomic E-state index is 0.0254. The van der Waals surface area contributed by atoms with E-state index in [9.17, 15) is 19.1 Å². The quantitative estimate of drug-likeness (QED) is 0.294. The Morgan fingerprint density at radius 3 is 2.67 bits per heavy atom. The third kappa shape index (κ3) is 5.69. The van der Waals surface area contributed by atoms with Crippen molar-refractivity contribution in [3.63, 3.8) is 0 Å². The van der Waals surface area contributed by atoms with Gasteiger partial charge in [-0.1, -0.05) is 34.9 Å². The number of carboxylic acid groups (broad SMARTS) is 1. The molecule has 0 unspecified atom stereocenters. The first-order valence-electron chi connectivity index (χ1n) is 12.3. The zero-order valence-corrected chi connectivity index (χ0v) is 20.8. The van der Waals surface area contributed by atoms with Crippen LogP contribution in [0.5, 0.6) is 0 Å². The second-order valence-electron chi connectivity index (χ2n) is 10.5. The lowest BCUT2D eigenvalue weighted by molar-refractivity contribution is -0.137. The van der Waals surface area contributed by atoms with Crippen LogP contribution in [-0.2, 0) is 22.4 Å². The number of carbonyl (C=O) groups excluding carboxylic acids is 1. The van der Waals surface area contributed by atoms with Crippen LogP contribution in [0, 0.1) is 11.2 Å². The van der Waals surface area contributed by atoms with Gasteiger partial charge >= 0.3 is 5.97 Å². The molecule has 2 saturated carbocycles. The summed E-state index contributed by atoms with van der Waals surface area (Å²) in [6, 6.07) is 5.84. The Bertz CT molecular complexity index is 1290. The zero-order chi connectivity index (χ0) is 25.4. The third-order valence-electron chi connectivity index (χ3n) is 7.21. The molecule has 3 aromatic rings. The van der Waals surface area contributed by atoms with Crippen molar-refractivity contribution in [2.45, 2.75) is 76.5 Å². The van der Waals surface area contributed by atoms with E-state index in [-0.39, 0.29) is 47.8 Å². The molecule has 9 heteroatoms. The standard InChI is InChI=1S/C27H28ClFN2O5/c1-27(8-9-27)14-20-13-22(30-35-20)26-24(15-2-3-15)25(31-36-26)17(5-7-23(33)34)11-19(32)10-16-4-6-18(29)12-21(16)28/h4,6,12-13,15,17H,2-3,5,7-11,14H2,1H3,(H,33,34)/t17-/m0/s1. The lowest BCUT2D eigenvalue weighted by Gasteiger charge is -2.15. The molecule has 1 atom stereocenters. The highest BCUT2D eigenvalue weighted by atomic mass is 35.5. The minimum Gasteiger partial charge on any atom is -0.481 e. The topological polar surface area (TPSA) is 106 Å². The van der Waals surface area contributed by atoms with Crippen molar-refractivity contribution in [2.75, 3.05) is 0 Å². The first-order valence-corrected chi connectivity index (χ1v) is 12.7. The number of hydrogen-bond donors (Lipinski definition) is 1. The monoisotopic (exact) mass is 514 g/mol. The van der Waals surface area contributed by atoms with Gasteiger partial charge in [0.05, 0.1) is 5.69 Å². The van der Waals surface area contributed by atoms with Gasteiger partial charge in [0.1, 0.15) is 17.4 Å². The van der Waals surface area contributed by atoms with E-state index in [4.69, 9.17) is 20.6 Å². The van der Waals surface area contributed by atoms with Gasteiger partial charge in [-0.05, 0) is 61.1 Å². The fourth-order valence-corrected chi connectivity index (χ4v) is 4.96. The van der Waals surface area contributed by atoms with Crippen LogP contribution in [-0.4, -0.2) is 27.2 Å². The Kier molecular flexibility index (Phi) is 6.72. The van der Waals surface area contributed by atoms with E-state index < -0.39 is 17.7 Å². The van der Waals surface area contributed by atoms with Crippen molar-refractivity contribution in [1.29, 1.82) is 0 Å². The first kappa shape index (κ1) is 24.7. The highest BCUT2D eigenvalue weighted by Gasteiger charge is 2.40. The molecule has 1 N–H and O–H groups in total. The van der Waals surface area contributed by atoms with Crippen LogP contribution in [0.1, 0.15) is 86.3 Å². The molecule has 0 amide bonds. The first-order chi connectivity index (χ1) is 17.2. The second kappa shape index (κ2) is 9.81. The molecule has 2 heterocycles. The van der Waals surface area contributed by atoms with Gasteiger partial charge in [0.2, 0.25) is 0 Å². The maximum absolute atomic E-state index is 13.4. The van der Waals surface area contributed by atoms with Gasteiger partial charge in [-0.3, -0.25) is 9.59 Å². The molecule has 190 valence electrons. The average molecular weight is 515 g/mol. The fraction of sp³-hybridized carbons (Fsp3) is 0.481. The summed E-state index contributed by atoms with van der Waals surface area (Å²) in [6.45, 7) is 2.22. The smallest absolute Gasteiger partial charge is 0.303 e. The molecule has 2 aliphatic carbocycles. The van der Waals surface area contributed by atoms with Gasteiger partial charge in [-0.25, -0.2) is 4.39 Å². The Labute approximate surface area is 213 Å². The third-order valence-corrected chi connectivity index (χ3v) is 7.56. The van der Waals surface area contributed by atoms with Crippen LogP contribution in [0.4, 0.5) is 4.39 Å². The van der Waals surface area contributed by atoms with E-state index >= 15 is 0 Å². The number of carboxylic acids is 1. The maximum atomic E-state index is 13.4. The number of ketones is 1. The Balaban J connectivity index is 1.40. The molecule has 2 aromatic heterocycles. The highest BCUT2D eigenvalue weighted by Crippen LogP contribution is 2.50. The predicted octanol–water partition coefficient (Wildman–Crippen LogP) is 6.49. The molecule has 0 radical (unpaired) electrons. The molecule has 7 nitrogen and oxygen atoms in total. The summed E-state index contributed by atoms with van der Waals surface area (Å²) in [5.41, 5.74) is 2.90. The molecule has 0 saturated heterocycles. The van der Waals surface area contributed by atoms with Gasteiger partial charge in [0, 0.05) is 48.3 Å². The number of benzene rings is 1. The van der Waals surface area contributed by atoms with Crippen molar-refractivity contribution in [2.24, 2.45) is 5.41 Å². The van der Waals surface area contributed by atoms with Gasteiger partial charge in [-0.2, -0.15) is 0 Å². The number of aromatic nitrogens is 2. The number of halogens is 2. The number of aliphatic carboxylic acids is 1. The fourth-order valence-electron chi connectivity index (χ4n) is 4.73. The number of hydrogen-bond acceptors (Lipinski definition) is 6. The van der Waals surface area contributed by atoms with Crippen molar-refractivity contribution >= 4 is 23.4 Å². The van der Waals surface area contributed by atoms with E-state index in [0.717, 1.165) is 30.6 Å². The summed E-state index contributed by atoms with van der Waals surface area (Å²) in [4.78, 5) is 24.4. The Hall–Kier alpha value is -3.00. The molecular weight excluding hydrogens is 487 g/mol. The highest BCUT2D eigenvalue weighted by molar-refractivity contribution is 6.31. The lowest BCUT2D eigenvalue weighted by atomic mass is 9.87. The summed E-state index contributed by atoms with van der Waals surface area (Å²) in [7, 11) is 0. The molecule has 0 aliphatic heterocycles. The molecule has 0 bridgehead atoms. The normalized spacial score (nSPS) is 17.2. The van der Waals surface area contributed by atoms with Gasteiger partial charge in [0.15, 0.2) is 11.5 Å². The molecule has 2 fully saturated rings. The summed E-state index contributed by atoms with van der Waals surface area (Å²) in [5.74, 6) is -0.403. The van der Waals surface area contributed by atoms with Crippen LogP contribution >= 0.6 is 11.6 Å². The van der Waals surface area contributed by atoms with E-state index in [1.807, 2.05) is 6.07 Å². The SMILES string of the molecule is CC1(Cc2cc(-c3onc([C@@H](CCC(=O)O)CC(=O)Cc4ccc(F)cc4Cl)c3C3CC3)no2)CC1. The largest absolute Gasteiger partial charge is 0.481 e. The molecule has 36 heavy (non-hydrogen) atoms. The van der Waals surface area contributed by atoms with Gasteiger partial charge in [-0.15, -0.1) is 0 Å². The summed E-state index contributed by atoms with van der Waals surface area (Å²) in [5, 5.41) is 18.1. The Morgan fingerprint density at radius 1 is 1.22 bits per heavy atom. The molecular formula is C27H28ClFN2O5. The van der Waals surface area contributed by atoms with Gasteiger partial charge < -0.3 is 14.2 Å². The van der Waals surface area contributed by atoms with Crippen molar-refractivity contribution < 1.29 is 28.1 Å². The van der Waals surface area contributed by atoms with E-state index in [1.54, 1.807) is 0 Å². The Morgan fingerprint density at radius 2 is 2.00 bits per heavy atom. The molecule has 1 aromatic carbocycles. The van der Waals surface area contributed by atoms with Crippen molar-refractivity contribution in [1.82, 2.24) is 10.3 Å². The molecule has 0 spiro atoms. The van der Waals surface area contributed by atoms with Crippen LogP contribution in [0.2, 0.25) is 5.02 Å². The van der Waals surface area contributed by atoms with Crippen LogP contribution in [0.25, 0.3) is 11.5 Å². The summed E-state index contributed by atoms with van der Waals surface area (Å²) >= 11 is 6.11. The number of nitrogens with zero attached hydrogens (tertiary/aromatic N) is 2. The molecule has 5 rings (SSSR count). The predicted molar refractivity (Wildman–Crippen MR) is 129 cm³/mol. The van der Waals surface area contributed by atoms with E-state index in [0.29, 0.717) is 22.7 Å². The summed E-state index contributed by atoms with van der Waals surface area (Å²) in [6.07, 6.45) is 5.34. The lowest BCUT2D eigenvalue weighted by Crippen LogP contribution is -2.13. The zero-order valence-electron chi connectivity index (χ0n) is 20.1. The van der Waals surface area contributed by atoms with Crippen molar-refractivity contribution in [3.05, 3.63) is 57.7 Å². The number of rotatable bonds is 12. The van der Waals surface area contributed by atoms with E-state index in [1.165, 1.54) is 31.0 Å². The van der Waals surface area contributed by atoms with Crippen molar-refractivity contribution in [3.8, 4) is 11.5 Å². The summed E-state index contributed by atoms with van der Waals surface area (Å²) < 4.78 is 24.7. The number of carbonyl (C=O) groups is 2. The maximum Gasteiger partial charge on any atom is 0.303 e. The van der Waals surface area contributed by atoms with Crippen LogP contribution < -0.4 is 0 Å². The molecule has 2 aliphatic rings. The number of Topliss-reactive ketones (excluding diaryl/α,β-unsaturated/α-hetero) is 1. The van der Waals surface area contributed by atoms with Crippen LogP contribution in [0.3, 0.4) is 0 Å². The van der Waals surface area contributed by atoms with Gasteiger partial charge in [0.25, 0.3) is 0 Å². The average Bonchev–Trinajstić information content (AvgIpc) is 3.70. The van der Waals surface area contributed by atoms with Crippen LogP contribution in [0.15, 0.2) is 33.3 Å². The second-order valence-corrected chi connectivity index (χ2v) is 10.9.